The Bertz CT molecular complexity index is 191. The molecule has 0 spiro atoms. The minimum Gasteiger partial charge on any atom is -0.316 e. The van der Waals surface area contributed by atoms with Crippen LogP contribution in [0.3, 0.4) is 0 Å². The first-order valence-corrected chi connectivity index (χ1v) is 9.33. The third kappa shape index (κ3) is 4.15. The molecule has 84 valence electrons. The highest BCUT2D eigenvalue weighted by molar-refractivity contribution is 7.96. The Morgan fingerprint density at radius 1 is 1.36 bits per heavy atom. The molecule has 2 unspecified atom stereocenters. The number of rotatable bonds is 6. The third-order valence-electron chi connectivity index (χ3n) is 2.52. The van der Waals surface area contributed by atoms with Crippen molar-refractivity contribution in [2.75, 3.05) is 6.54 Å². The van der Waals surface area contributed by atoms with Crippen molar-refractivity contribution in [1.29, 1.82) is 0 Å². The van der Waals surface area contributed by atoms with Crippen molar-refractivity contribution in [3.63, 3.8) is 0 Å². The molecule has 4 heteroatoms. The second-order valence-corrected chi connectivity index (χ2v) is 10.5. The molecule has 0 radical (unpaired) electrons. The molecule has 0 aromatic carbocycles. The van der Waals surface area contributed by atoms with Gasteiger partial charge in [-0.25, -0.2) is 0 Å². The summed E-state index contributed by atoms with van der Waals surface area (Å²) in [5.41, 5.74) is 0.350. The zero-order valence-corrected chi connectivity index (χ0v) is 11.8. The number of thiol groups is 1. The molecule has 0 aliphatic heterocycles. The second kappa shape index (κ2) is 5.93. The van der Waals surface area contributed by atoms with Crippen LogP contribution in [-0.2, 0) is 4.79 Å². The standard InChI is InChI=1S/C10H23NOSSi/c1-6-8(10(12)13)9(11-7-2)14(3,4)5/h8-9,11H,6-7H2,1-5H3,(H,12,13). The van der Waals surface area contributed by atoms with Crippen LogP contribution in [0.5, 0.6) is 0 Å². The van der Waals surface area contributed by atoms with Gasteiger partial charge in [0, 0.05) is 11.6 Å². The zero-order chi connectivity index (χ0) is 11.4. The summed E-state index contributed by atoms with van der Waals surface area (Å²) in [6.07, 6.45) is 0.879. The summed E-state index contributed by atoms with van der Waals surface area (Å²) in [7, 11) is -1.34. The number of carbonyl (C=O) groups excluding carboxylic acids is 1. The lowest BCUT2D eigenvalue weighted by atomic mass is 10.1. The highest BCUT2D eigenvalue weighted by Crippen LogP contribution is 2.21. The molecule has 0 aliphatic carbocycles. The predicted octanol–water partition coefficient (Wildman–Crippen LogP) is 2.32. The normalized spacial score (nSPS) is 16.4. The molecule has 0 amide bonds. The molecular formula is C10H23NOSSi. The molecular weight excluding hydrogens is 210 g/mol. The van der Waals surface area contributed by atoms with E-state index in [-0.39, 0.29) is 11.0 Å². The fraction of sp³-hybridized carbons (Fsp3) is 0.900. The lowest BCUT2D eigenvalue weighted by Gasteiger charge is -2.34. The van der Waals surface area contributed by atoms with E-state index in [1.165, 1.54) is 0 Å². The largest absolute Gasteiger partial charge is 0.316 e. The van der Waals surface area contributed by atoms with Crippen molar-refractivity contribution in [1.82, 2.24) is 5.32 Å². The Morgan fingerprint density at radius 2 is 1.86 bits per heavy atom. The van der Waals surface area contributed by atoms with Gasteiger partial charge in [0.15, 0.2) is 5.12 Å². The van der Waals surface area contributed by atoms with E-state index in [0.29, 0.717) is 5.67 Å². The van der Waals surface area contributed by atoms with E-state index in [1.54, 1.807) is 0 Å². The summed E-state index contributed by atoms with van der Waals surface area (Å²) in [6, 6.07) is 0. The molecule has 0 fully saturated rings. The first-order valence-electron chi connectivity index (χ1n) is 5.30. The van der Waals surface area contributed by atoms with Gasteiger partial charge < -0.3 is 5.32 Å². The van der Waals surface area contributed by atoms with Crippen LogP contribution in [0.2, 0.25) is 19.6 Å². The average Bonchev–Trinajstić information content (AvgIpc) is 2.02. The summed E-state index contributed by atoms with van der Waals surface area (Å²) in [4.78, 5) is 11.4. The van der Waals surface area contributed by atoms with Crippen LogP contribution in [0, 0.1) is 5.92 Å². The summed E-state index contributed by atoms with van der Waals surface area (Å²) >= 11 is 3.98. The van der Waals surface area contributed by atoms with Gasteiger partial charge in [0.25, 0.3) is 0 Å². The van der Waals surface area contributed by atoms with Gasteiger partial charge in [-0.3, -0.25) is 4.79 Å². The van der Waals surface area contributed by atoms with E-state index in [9.17, 15) is 4.79 Å². The maximum atomic E-state index is 11.4. The Hall–Kier alpha value is 0.197. The topological polar surface area (TPSA) is 29.1 Å². The van der Waals surface area contributed by atoms with Crippen molar-refractivity contribution < 1.29 is 4.79 Å². The Kier molecular flexibility index (Phi) is 6.01. The maximum absolute atomic E-state index is 11.4. The molecule has 2 atom stereocenters. The fourth-order valence-corrected chi connectivity index (χ4v) is 4.71. The van der Waals surface area contributed by atoms with Crippen LogP contribution >= 0.6 is 12.6 Å². The highest BCUT2D eigenvalue weighted by Gasteiger charge is 2.34. The Balaban J connectivity index is 4.69. The fourth-order valence-electron chi connectivity index (χ4n) is 1.82. The number of hydrogen-bond acceptors (Lipinski definition) is 2. The van der Waals surface area contributed by atoms with Gasteiger partial charge in [-0.05, 0) is 13.0 Å². The van der Waals surface area contributed by atoms with Gasteiger partial charge in [-0.1, -0.05) is 33.5 Å². The quantitative estimate of drug-likeness (QED) is 0.544. The van der Waals surface area contributed by atoms with Crippen LogP contribution < -0.4 is 5.32 Å². The molecule has 0 heterocycles. The van der Waals surface area contributed by atoms with Gasteiger partial charge in [-0.2, -0.15) is 0 Å². The van der Waals surface area contributed by atoms with E-state index in [0.717, 1.165) is 13.0 Å². The summed E-state index contributed by atoms with van der Waals surface area (Å²) in [5, 5.41) is 3.48. The first-order chi connectivity index (χ1) is 6.34. The zero-order valence-electron chi connectivity index (χ0n) is 9.92. The summed E-state index contributed by atoms with van der Waals surface area (Å²) in [6.45, 7) is 11.9. The van der Waals surface area contributed by atoms with E-state index in [2.05, 4.69) is 51.4 Å². The number of carbonyl (C=O) groups is 1. The highest BCUT2D eigenvalue weighted by atomic mass is 32.1. The van der Waals surface area contributed by atoms with Crippen LogP contribution in [-0.4, -0.2) is 25.4 Å². The van der Waals surface area contributed by atoms with Crippen molar-refractivity contribution in [2.45, 2.75) is 45.6 Å². The number of nitrogens with one attached hydrogen (secondary N) is 1. The lowest BCUT2D eigenvalue weighted by molar-refractivity contribution is -0.114. The average molecular weight is 233 g/mol. The van der Waals surface area contributed by atoms with Crippen LogP contribution in [0.1, 0.15) is 20.3 Å². The van der Waals surface area contributed by atoms with Crippen molar-refractivity contribution in [3.05, 3.63) is 0 Å². The first kappa shape index (κ1) is 14.2. The lowest BCUT2D eigenvalue weighted by Crippen LogP contribution is -2.54. The molecule has 0 rings (SSSR count). The van der Waals surface area contributed by atoms with Gasteiger partial charge in [0.05, 0.1) is 8.07 Å². The third-order valence-corrected chi connectivity index (χ3v) is 5.32. The molecule has 2 nitrogen and oxygen atoms in total. The van der Waals surface area contributed by atoms with Gasteiger partial charge in [0.1, 0.15) is 0 Å². The minimum absolute atomic E-state index is 0.0286. The smallest absolute Gasteiger partial charge is 0.190 e. The molecule has 0 saturated heterocycles. The SMILES string of the molecule is CCNC(C(CC)C(=O)S)[Si](C)(C)C. The second-order valence-electron chi connectivity index (χ2n) is 4.75. The molecule has 0 bridgehead atoms. The number of hydrogen-bond donors (Lipinski definition) is 2. The minimum atomic E-state index is -1.34. The Morgan fingerprint density at radius 3 is 2.07 bits per heavy atom. The summed E-state index contributed by atoms with van der Waals surface area (Å²) in [5.74, 6) is 0.0740. The van der Waals surface area contributed by atoms with Gasteiger partial charge in [0.2, 0.25) is 0 Å². The van der Waals surface area contributed by atoms with Gasteiger partial charge >= 0.3 is 0 Å². The van der Waals surface area contributed by atoms with Crippen molar-refractivity contribution >= 4 is 25.8 Å². The van der Waals surface area contributed by atoms with Crippen LogP contribution in [0.15, 0.2) is 0 Å². The van der Waals surface area contributed by atoms with Crippen molar-refractivity contribution in [2.24, 2.45) is 5.92 Å². The van der Waals surface area contributed by atoms with Gasteiger partial charge in [-0.15, -0.1) is 12.6 Å². The molecule has 0 aromatic heterocycles. The van der Waals surface area contributed by atoms with Crippen molar-refractivity contribution in [3.8, 4) is 0 Å². The predicted molar refractivity (Wildman–Crippen MR) is 68.6 cm³/mol. The molecule has 0 aromatic rings. The van der Waals surface area contributed by atoms with Crippen LogP contribution in [0.4, 0.5) is 0 Å². The molecule has 0 saturated carbocycles. The van der Waals surface area contributed by atoms with E-state index in [4.69, 9.17) is 0 Å². The maximum Gasteiger partial charge on any atom is 0.190 e. The van der Waals surface area contributed by atoms with E-state index < -0.39 is 8.07 Å². The Labute approximate surface area is 94.3 Å². The molecule has 14 heavy (non-hydrogen) atoms. The molecule has 0 aliphatic rings. The van der Waals surface area contributed by atoms with E-state index >= 15 is 0 Å². The molecule has 1 N–H and O–H groups in total. The van der Waals surface area contributed by atoms with E-state index in [1.807, 2.05) is 0 Å². The van der Waals surface area contributed by atoms with Crippen LogP contribution in [0.25, 0.3) is 0 Å². The summed E-state index contributed by atoms with van der Waals surface area (Å²) < 4.78 is 0. The monoisotopic (exact) mass is 233 g/mol.